The molecule has 2 unspecified atom stereocenters. The number of aromatic nitrogens is 3. The highest BCUT2D eigenvalue weighted by Crippen LogP contribution is 2.40. The summed E-state index contributed by atoms with van der Waals surface area (Å²) < 4.78 is 42.3. The predicted octanol–water partition coefficient (Wildman–Crippen LogP) is 4.98. The molecule has 2 aromatic heterocycles. The van der Waals surface area contributed by atoms with Crippen LogP contribution in [0.5, 0.6) is 11.8 Å². The molecule has 4 heterocycles. The Morgan fingerprint density at radius 1 is 1.18 bits per heavy atom. The summed E-state index contributed by atoms with van der Waals surface area (Å²) >= 11 is 0. The minimum Gasteiger partial charge on any atom is -0.508 e. The lowest BCUT2D eigenvalue weighted by Crippen LogP contribution is -2.57. The molecule has 1 amide bonds. The van der Waals surface area contributed by atoms with Crippen LogP contribution in [0.4, 0.5) is 19.4 Å². The van der Waals surface area contributed by atoms with Gasteiger partial charge < -0.3 is 19.5 Å². The van der Waals surface area contributed by atoms with E-state index in [0.29, 0.717) is 30.6 Å². The largest absolute Gasteiger partial charge is 0.508 e. The lowest BCUT2D eigenvalue weighted by molar-refractivity contribution is -0.109. The Labute approximate surface area is 251 Å². The Morgan fingerprint density at radius 2 is 1.91 bits per heavy atom. The maximum absolute atomic E-state index is 16.5. The fourth-order valence-corrected chi connectivity index (χ4v) is 6.07. The van der Waals surface area contributed by atoms with Crippen molar-refractivity contribution in [1.29, 1.82) is 0 Å². The standard InChI is InChI=1S/C32H29F2N5O5/c1-5-21-24(33)9-6-17-12-20(41)13-22(25(17)21)27-26(34)28-23(14-35-27)29(37-30(36-28)43-11-10-40)38-15-18-7-8-19(16-38)39(18)31(42)44-32(2,3)4/h1,6,9-10,12-14,18-19,41H,7-8,11,15-16H2,2-4H3. The van der Waals surface area contributed by atoms with Gasteiger partial charge in [0.05, 0.1) is 23.0 Å². The van der Waals surface area contributed by atoms with Gasteiger partial charge in [-0.15, -0.1) is 6.42 Å². The predicted molar refractivity (Wildman–Crippen MR) is 158 cm³/mol. The number of ether oxygens (including phenoxy) is 2. The van der Waals surface area contributed by atoms with E-state index in [-0.39, 0.29) is 69.7 Å². The molecule has 2 saturated heterocycles. The van der Waals surface area contributed by atoms with E-state index in [9.17, 15) is 19.1 Å². The molecule has 2 aromatic carbocycles. The van der Waals surface area contributed by atoms with Crippen LogP contribution in [0.25, 0.3) is 32.9 Å². The maximum atomic E-state index is 16.5. The Bertz CT molecular complexity index is 1850. The number of phenolic OH excluding ortho intramolecular Hbond substituents is 1. The van der Waals surface area contributed by atoms with Gasteiger partial charge in [-0.05, 0) is 57.2 Å². The first kappa shape index (κ1) is 29.0. The topological polar surface area (TPSA) is 118 Å². The zero-order chi connectivity index (χ0) is 31.3. The van der Waals surface area contributed by atoms with Gasteiger partial charge in [-0.1, -0.05) is 12.0 Å². The SMILES string of the molecule is C#Cc1c(F)ccc2cc(O)cc(-c3ncc4c(N5CC6CCC(C5)N6C(=O)OC(C)(C)C)nc(OCC=O)nc4c3F)c12. The smallest absolute Gasteiger partial charge is 0.410 e. The number of pyridine rings is 1. The number of phenols is 1. The second-order valence-corrected chi connectivity index (χ2v) is 11.8. The average Bonchev–Trinajstić information content (AvgIpc) is 3.24. The Kier molecular flexibility index (Phi) is 7.19. The molecule has 12 heteroatoms. The molecule has 0 radical (unpaired) electrons. The summed E-state index contributed by atoms with van der Waals surface area (Å²) in [6.07, 6.45) is 8.67. The number of fused-ring (bicyclic) bond motifs is 4. The lowest BCUT2D eigenvalue weighted by Gasteiger charge is -2.42. The van der Waals surface area contributed by atoms with Crippen molar-refractivity contribution in [1.82, 2.24) is 19.9 Å². The maximum Gasteiger partial charge on any atom is 0.410 e. The van der Waals surface area contributed by atoms with E-state index in [2.05, 4.69) is 20.9 Å². The minimum absolute atomic E-state index is 0.0754. The van der Waals surface area contributed by atoms with Crippen LogP contribution in [0.15, 0.2) is 30.5 Å². The fraction of sp³-hybridized carbons (Fsp3) is 0.344. The van der Waals surface area contributed by atoms with Crippen molar-refractivity contribution in [2.75, 3.05) is 24.6 Å². The van der Waals surface area contributed by atoms with Crippen molar-refractivity contribution in [2.24, 2.45) is 0 Å². The molecule has 1 N–H and O–H groups in total. The van der Waals surface area contributed by atoms with E-state index in [0.717, 1.165) is 12.8 Å². The molecule has 2 aliphatic rings. The van der Waals surface area contributed by atoms with Gasteiger partial charge in [0.15, 0.2) is 12.1 Å². The molecule has 2 aliphatic heterocycles. The third kappa shape index (κ3) is 5.08. The molecule has 44 heavy (non-hydrogen) atoms. The number of amides is 1. The van der Waals surface area contributed by atoms with Crippen LogP contribution in [0.2, 0.25) is 0 Å². The average molecular weight is 602 g/mol. The van der Waals surface area contributed by atoms with Gasteiger partial charge in [-0.2, -0.15) is 9.97 Å². The molecule has 0 spiro atoms. The zero-order valence-electron chi connectivity index (χ0n) is 24.3. The summed E-state index contributed by atoms with van der Waals surface area (Å²) in [5.74, 6) is 0.892. The van der Waals surface area contributed by atoms with E-state index in [1.54, 1.807) is 4.90 Å². The molecule has 0 saturated carbocycles. The number of rotatable bonds is 5. The van der Waals surface area contributed by atoms with Gasteiger partial charge in [-0.25, -0.2) is 13.6 Å². The number of piperazine rings is 1. The molecule has 4 aromatic rings. The summed E-state index contributed by atoms with van der Waals surface area (Å²) in [5.41, 5.74) is -1.04. The number of benzene rings is 2. The van der Waals surface area contributed by atoms with Gasteiger partial charge in [0.1, 0.15) is 40.8 Å². The molecular formula is C32H29F2N5O5. The van der Waals surface area contributed by atoms with Gasteiger partial charge in [0, 0.05) is 30.2 Å². The van der Waals surface area contributed by atoms with E-state index in [1.807, 2.05) is 25.7 Å². The van der Waals surface area contributed by atoms with Gasteiger partial charge >= 0.3 is 12.1 Å². The van der Waals surface area contributed by atoms with Crippen molar-refractivity contribution >= 4 is 39.9 Å². The number of carbonyl (C=O) groups excluding carboxylic acids is 2. The minimum atomic E-state index is -0.878. The Morgan fingerprint density at radius 3 is 2.57 bits per heavy atom. The molecule has 2 fully saturated rings. The van der Waals surface area contributed by atoms with Crippen molar-refractivity contribution in [3.63, 3.8) is 0 Å². The van der Waals surface area contributed by atoms with Gasteiger partial charge in [0.25, 0.3) is 0 Å². The van der Waals surface area contributed by atoms with Crippen LogP contribution in [0.1, 0.15) is 39.2 Å². The van der Waals surface area contributed by atoms with Crippen molar-refractivity contribution in [3.8, 4) is 35.4 Å². The Hall–Kier alpha value is -5.05. The third-order valence-electron chi connectivity index (χ3n) is 7.76. The van der Waals surface area contributed by atoms with E-state index >= 15 is 4.39 Å². The number of carbonyl (C=O) groups is 2. The number of nitrogens with zero attached hydrogens (tertiary/aromatic N) is 5. The van der Waals surface area contributed by atoms with E-state index in [1.165, 1.54) is 30.5 Å². The molecule has 10 nitrogen and oxygen atoms in total. The number of anilines is 1. The highest BCUT2D eigenvalue weighted by Gasteiger charge is 2.45. The first-order valence-electron chi connectivity index (χ1n) is 14.1. The number of terminal acetylenes is 1. The summed E-state index contributed by atoms with van der Waals surface area (Å²) in [6, 6.07) is 4.71. The van der Waals surface area contributed by atoms with Crippen LogP contribution in [-0.4, -0.2) is 74.7 Å². The summed E-state index contributed by atoms with van der Waals surface area (Å²) in [6.45, 7) is 5.87. The highest BCUT2D eigenvalue weighted by atomic mass is 19.1. The van der Waals surface area contributed by atoms with Crippen LogP contribution in [0, 0.1) is 24.0 Å². The number of hydrogen-bond donors (Lipinski definition) is 1. The number of hydrogen-bond acceptors (Lipinski definition) is 9. The van der Waals surface area contributed by atoms with E-state index < -0.39 is 17.2 Å². The van der Waals surface area contributed by atoms with Crippen molar-refractivity contribution in [3.05, 3.63) is 47.7 Å². The fourth-order valence-electron chi connectivity index (χ4n) is 6.07. The second-order valence-electron chi connectivity index (χ2n) is 11.8. The van der Waals surface area contributed by atoms with E-state index in [4.69, 9.17) is 15.9 Å². The monoisotopic (exact) mass is 601 g/mol. The normalized spacial score (nSPS) is 18.0. The third-order valence-corrected chi connectivity index (χ3v) is 7.76. The second kappa shape index (κ2) is 10.9. The van der Waals surface area contributed by atoms with Crippen LogP contribution in [-0.2, 0) is 9.53 Å². The summed E-state index contributed by atoms with van der Waals surface area (Å²) in [4.78, 5) is 40.9. The molecule has 0 aliphatic carbocycles. The molecular weight excluding hydrogens is 572 g/mol. The lowest BCUT2D eigenvalue weighted by atomic mass is 9.96. The molecule has 2 atom stereocenters. The zero-order valence-corrected chi connectivity index (χ0v) is 24.3. The molecule has 226 valence electrons. The number of aromatic hydroxyl groups is 1. The van der Waals surface area contributed by atoms with Crippen LogP contribution >= 0.6 is 0 Å². The summed E-state index contributed by atoms with van der Waals surface area (Å²) in [5, 5.41) is 11.3. The molecule has 2 bridgehead atoms. The first-order chi connectivity index (χ1) is 21.0. The van der Waals surface area contributed by atoms with Crippen molar-refractivity contribution < 1.29 is 33.0 Å². The number of aldehydes is 1. The first-order valence-corrected chi connectivity index (χ1v) is 14.1. The van der Waals surface area contributed by atoms with Crippen LogP contribution < -0.4 is 9.64 Å². The number of halogens is 2. The van der Waals surface area contributed by atoms with Gasteiger partial charge in [0.2, 0.25) is 0 Å². The molecule has 6 rings (SSSR count). The Balaban J connectivity index is 1.47. The highest BCUT2D eigenvalue weighted by molar-refractivity contribution is 6.03. The summed E-state index contributed by atoms with van der Waals surface area (Å²) in [7, 11) is 0. The quantitative estimate of drug-likeness (QED) is 0.250. The van der Waals surface area contributed by atoms with Gasteiger partial charge in [-0.3, -0.25) is 14.7 Å². The van der Waals surface area contributed by atoms with Crippen LogP contribution in [0.3, 0.4) is 0 Å². The van der Waals surface area contributed by atoms with Crippen molar-refractivity contribution in [2.45, 2.75) is 51.3 Å².